The van der Waals surface area contributed by atoms with E-state index in [0.29, 0.717) is 30.9 Å². The number of halogens is 1. The highest BCUT2D eigenvalue weighted by molar-refractivity contribution is 5.92. The number of carbonyl (C=O) groups excluding carboxylic acids is 1. The van der Waals surface area contributed by atoms with Gasteiger partial charge >= 0.3 is 0 Å². The second-order valence-corrected chi connectivity index (χ2v) is 6.20. The van der Waals surface area contributed by atoms with Gasteiger partial charge in [0.2, 0.25) is 0 Å². The SMILES string of the molecule is CN(Cc1ccccc1)c1cnc(C(=O)NCCc2ccccc2F)cn1. The highest BCUT2D eigenvalue weighted by atomic mass is 19.1. The van der Waals surface area contributed by atoms with Crippen molar-refractivity contribution < 1.29 is 9.18 Å². The van der Waals surface area contributed by atoms with Gasteiger partial charge in [-0.2, -0.15) is 0 Å². The van der Waals surface area contributed by atoms with Crippen molar-refractivity contribution in [3.8, 4) is 0 Å². The Morgan fingerprint density at radius 2 is 1.78 bits per heavy atom. The van der Waals surface area contributed by atoms with Crippen LogP contribution in [0.1, 0.15) is 21.6 Å². The zero-order valence-corrected chi connectivity index (χ0v) is 15.1. The Balaban J connectivity index is 1.53. The first-order valence-electron chi connectivity index (χ1n) is 8.72. The summed E-state index contributed by atoms with van der Waals surface area (Å²) in [4.78, 5) is 22.6. The molecule has 0 spiro atoms. The molecule has 0 fully saturated rings. The fraction of sp³-hybridized carbons (Fsp3) is 0.190. The van der Waals surface area contributed by atoms with E-state index in [2.05, 4.69) is 15.3 Å². The van der Waals surface area contributed by atoms with Gasteiger partial charge in [0.15, 0.2) is 0 Å². The monoisotopic (exact) mass is 364 g/mol. The number of benzene rings is 2. The van der Waals surface area contributed by atoms with Crippen molar-refractivity contribution in [2.45, 2.75) is 13.0 Å². The molecule has 6 heteroatoms. The molecule has 3 rings (SSSR count). The molecule has 5 nitrogen and oxygen atoms in total. The molecule has 0 bridgehead atoms. The van der Waals surface area contributed by atoms with E-state index >= 15 is 0 Å². The summed E-state index contributed by atoms with van der Waals surface area (Å²) in [6, 6.07) is 16.6. The Morgan fingerprint density at radius 1 is 1.04 bits per heavy atom. The van der Waals surface area contributed by atoms with Gasteiger partial charge in [0, 0.05) is 20.1 Å². The van der Waals surface area contributed by atoms with Gasteiger partial charge in [-0.25, -0.2) is 14.4 Å². The summed E-state index contributed by atoms with van der Waals surface area (Å²) in [5.74, 6) is 0.0928. The Bertz CT molecular complexity index is 884. The Hall–Kier alpha value is -3.28. The summed E-state index contributed by atoms with van der Waals surface area (Å²) in [5, 5.41) is 2.74. The van der Waals surface area contributed by atoms with Crippen LogP contribution in [0.3, 0.4) is 0 Å². The van der Waals surface area contributed by atoms with Gasteiger partial charge in [-0.05, 0) is 23.6 Å². The highest BCUT2D eigenvalue weighted by Crippen LogP contribution is 2.11. The number of nitrogens with zero attached hydrogens (tertiary/aromatic N) is 3. The van der Waals surface area contributed by atoms with Crippen molar-refractivity contribution in [3.05, 3.63) is 89.6 Å². The number of anilines is 1. The molecule has 0 aliphatic heterocycles. The molecule has 1 amide bonds. The maximum atomic E-state index is 13.6. The lowest BCUT2D eigenvalue weighted by molar-refractivity contribution is 0.0948. The minimum Gasteiger partial charge on any atom is -0.354 e. The lowest BCUT2D eigenvalue weighted by atomic mass is 10.1. The van der Waals surface area contributed by atoms with Crippen molar-refractivity contribution in [2.24, 2.45) is 0 Å². The maximum Gasteiger partial charge on any atom is 0.271 e. The summed E-state index contributed by atoms with van der Waals surface area (Å²) >= 11 is 0. The van der Waals surface area contributed by atoms with E-state index < -0.39 is 0 Å². The number of hydrogen-bond donors (Lipinski definition) is 1. The van der Waals surface area contributed by atoms with Gasteiger partial charge in [0.25, 0.3) is 5.91 Å². The van der Waals surface area contributed by atoms with Crippen molar-refractivity contribution in [3.63, 3.8) is 0 Å². The Morgan fingerprint density at radius 3 is 2.48 bits per heavy atom. The molecule has 1 heterocycles. The normalized spacial score (nSPS) is 10.4. The number of carbonyl (C=O) groups is 1. The standard InChI is InChI=1S/C21H21FN4O/c1-26(15-16-7-3-2-4-8-16)20-14-24-19(13-25-20)21(27)23-12-11-17-9-5-6-10-18(17)22/h2-10,13-14H,11-12,15H2,1H3,(H,23,27). The molecule has 0 saturated heterocycles. The van der Waals surface area contributed by atoms with E-state index in [0.717, 1.165) is 5.56 Å². The Kier molecular flexibility index (Phi) is 6.10. The van der Waals surface area contributed by atoms with Gasteiger partial charge in [0.05, 0.1) is 12.4 Å². The van der Waals surface area contributed by atoms with Gasteiger partial charge in [-0.1, -0.05) is 48.5 Å². The fourth-order valence-corrected chi connectivity index (χ4v) is 2.68. The molecule has 138 valence electrons. The van der Waals surface area contributed by atoms with Gasteiger partial charge in [-0.3, -0.25) is 4.79 Å². The number of rotatable bonds is 7. The molecule has 1 N–H and O–H groups in total. The zero-order chi connectivity index (χ0) is 19.1. The number of nitrogens with one attached hydrogen (secondary N) is 1. The summed E-state index contributed by atoms with van der Waals surface area (Å²) in [6.07, 6.45) is 3.45. The van der Waals surface area contributed by atoms with Crippen molar-refractivity contribution in [1.29, 1.82) is 0 Å². The van der Waals surface area contributed by atoms with Crippen molar-refractivity contribution >= 4 is 11.7 Å². The summed E-state index contributed by atoms with van der Waals surface area (Å²) in [6.45, 7) is 1.03. The third-order valence-corrected chi connectivity index (χ3v) is 4.16. The van der Waals surface area contributed by atoms with Gasteiger partial charge in [-0.15, -0.1) is 0 Å². The minimum atomic E-state index is -0.323. The molecule has 0 aliphatic carbocycles. The average Bonchev–Trinajstić information content (AvgIpc) is 2.70. The molecule has 0 saturated carbocycles. The maximum absolute atomic E-state index is 13.6. The lowest BCUT2D eigenvalue weighted by Crippen LogP contribution is -2.27. The second-order valence-electron chi connectivity index (χ2n) is 6.20. The summed E-state index contributed by atoms with van der Waals surface area (Å²) < 4.78 is 13.6. The van der Waals surface area contributed by atoms with Crippen LogP contribution < -0.4 is 10.2 Å². The van der Waals surface area contributed by atoms with Crippen LogP contribution in [-0.2, 0) is 13.0 Å². The van der Waals surface area contributed by atoms with Gasteiger partial charge in [0.1, 0.15) is 17.3 Å². The first kappa shape index (κ1) is 18.5. The van der Waals surface area contributed by atoms with Crippen LogP contribution in [0.2, 0.25) is 0 Å². The smallest absolute Gasteiger partial charge is 0.271 e. The zero-order valence-electron chi connectivity index (χ0n) is 15.1. The predicted octanol–water partition coefficient (Wildman–Crippen LogP) is 3.22. The largest absolute Gasteiger partial charge is 0.354 e. The predicted molar refractivity (Wildman–Crippen MR) is 103 cm³/mol. The van der Waals surface area contributed by atoms with E-state index in [1.807, 2.05) is 42.3 Å². The second kappa shape index (κ2) is 8.89. The molecular weight excluding hydrogens is 343 g/mol. The highest BCUT2D eigenvalue weighted by Gasteiger charge is 2.10. The average molecular weight is 364 g/mol. The van der Waals surface area contributed by atoms with E-state index in [1.165, 1.54) is 12.3 Å². The first-order valence-corrected chi connectivity index (χ1v) is 8.72. The molecule has 0 radical (unpaired) electrons. The van der Waals surface area contributed by atoms with Crippen molar-refractivity contribution in [1.82, 2.24) is 15.3 Å². The number of aromatic nitrogens is 2. The molecule has 2 aromatic carbocycles. The van der Waals surface area contributed by atoms with E-state index in [-0.39, 0.29) is 17.4 Å². The van der Waals surface area contributed by atoms with E-state index in [1.54, 1.807) is 24.4 Å². The van der Waals surface area contributed by atoms with E-state index in [4.69, 9.17) is 0 Å². The van der Waals surface area contributed by atoms with Crippen LogP contribution >= 0.6 is 0 Å². The van der Waals surface area contributed by atoms with Crippen molar-refractivity contribution in [2.75, 3.05) is 18.5 Å². The van der Waals surface area contributed by atoms with Crippen LogP contribution in [-0.4, -0.2) is 29.5 Å². The fourth-order valence-electron chi connectivity index (χ4n) is 2.68. The van der Waals surface area contributed by atoms with Crippen LogP contribution in [0, 0.1) is 5.82 Å². The first-order chi connectivity index (χ1) is 13.1. The molecule has 0 aliphatic rings. The topological polar surface area (TPSA) is 58.1 Å². The number of amides is 1. The lowest BCUT2D eigenvalue weighted by Gasteiger charge is -2.17. The molecule has 27 heavy (non-hydrogen) atoms. The summed E-state index contributed by atoms with van der Waals surface area (Å²) in [5.41, 5.74) is 1.97. The van der Waals surface area contributed by atoms with Crippen LogP contribution in [0.4, 0.5) is 10.2 Å². The van der Waals surface area contributed by atoms with Crippen LogP contribution in [0.15, 0.2) is 67.0 Å². The number of hydrogen-bond acceptors (Lipinski definition) is 4. The van der Waals surface area contributed by atoms with E-state index in [9.17, 15) is 9.18 Å². The molecule has 1 aromatic heterocycles. The molecule has 3 aromatic rings. The third kappa shape index (κ3) is 5.10. The molecule has 0 unspecified atom stereocenters. The van der Waals surface area contributed by atoms with Crippen LogP contribution in [0.25, 0.3) is 0 Å². The minimum absolute atomic E-state index is 0.236. The Labute approximate surface area is 157 Å². The molecular formula is C21H21FN4O. The summed E-state index contributed by atoms with van der Waals surface area (Å²) in [7, 11) is 1.92. The van der Waals surface area contributed by atoms with Gasteiger partial charge < -0.3 is 10.2 Å². The quantitative estimate of drug-likeness (QED) is 0.699. The van der Waals surface area contributed by atoms with Crippen LogP contribution in [0.5, 0.6) is 0 Å². The third-order valence-electron chi connectivity index (χ3n) is 4.16. The molecule has 0 atom stereocenters.